The SMILES string of the molecule is CC(C(=O)NC1CCCCC1)N(Cc1ccccc1)C(=O)Cc1ccccc1F. The number of halogens is 1. The van der Waals surface area contributed by atoms with Gasteiger partial charge in [-0.3, -0.25) is 9.59 Å². The number of hydrogen-bond donors (Lipinski definition) is 1. The van der Waals surface area contributed by atoms with Gasteiger partial charge in [-0.05, 0) is 37.0 Å². The zero-order chi connectivity index (χ0) is 20.6. The molecule has 1 aliphatic carbocycles. The molecular formula is C24H29FN2O2. The highest BCUT2D eigenvalue weighted by Gasteiger charge is 2.28. The lowest BCUT2D eigenvalue weighted by Gasteiger charge is -2.31. The lowest BCUT2D eigenvalue weighted by atomic mass is 9.95. The first kappa shape index (κ1) is 21.0. The summed E-state index contributed by atoms with van der Waals surface area (Å²) in [4.78, 5) is 27.5. The number of hydrogen-bond acceptors (Lipinski definition) is 2. The molecule has 2 aromatic rings. The Morgan fingerprint density at radius 3 is 2.38 bits per heavy atom. The molecule has 0 spiro atoms. The summed E-state index contributed by atoms with van der Waals surface area (Å²) in [5, 5.41) is 3.11. The van der Waals surface area contributed by atoms with Crippen LogP contribution < -0.4 is 5.32 Å². The second kappa shape index (κ2) is 10.2. The van der Waals surface area contributed by atoms with E-state index < -0.39 is 11.9 Å². The fourth-order valence-electron chi connectivity index (χ4n) is 3.84. The molecule has 1 aliphatic rings. The molecule has 0 aromatic heterocycles. The maximum Gasteiger partial charge on any atom is 0.242 e. The Labute approximate surface area is 172 Å². The van der Waals surface area contributed by atoms with Gasteiger partial charge in [0.15, 0.2) is 0 Å². The third-order valence-electron chi connectivity index (χ3n) is 5.61. The summed E-state index contributed by atoms with van der Waals surface area (Å²) < 4.78 is 14.1. The predicted molar refractivity (Wildman–Crippen MR) is 112 cm³/mol. The first-order valence-corrected chi connectivity index (χ1v) is 10.4. The molecule has 5 heteroatoms. The topological polar surface area (TPSA) is 49.4 Å². The molecule has 0 bridgehead atoms. The van der Waals surface area contributed by atoms with E-state index in [1.165, 1.54) is 12.5 Å². The third-order valence-corrected chi connectivity index (χ3v) is 5.61. The average Bonchev–Trinajstić information content (AvgIpc) is 2.74. The van der Waals surface area contributed by atoms with Crippen LogP contribution in [0.3, 0.4) is 0 Å². The van der Waals surface area contributed by atoms with Gasteiger partial charge in [-0.1, -0.05) is 67.8 Å². The summed E-state index contributed by atoms with van der Waals surface area (Å²) in [6.45, 7) is 2.06. The molecule has 0 radical (unpaired) electrons. The number of nitrogens with one attached hydrogen (secondary N) is 1. The summed E-state index contributed by atoms with van der Waals surface area (Å²) >= 11 is 0. The van der Waals surface area contributed by atoms with Crippen LogP contribution in [0.2, 0.25) is 0 Å². The zero-order valence-electron chi connectivity index (χ0n) is 16.9. The van der Waals surface area contributed by atoms with Gasteiger partial charge in [0.1, 0.15) is 11.9 Å². The van der Waals surface area contributed by atoms with Crippen molar-refractivity contribution in [2.45, 2.75) is 64.1 Å². The maximum absolute atomic E-state index is 14.1. The van der Waals surface area contributed by atoms with Crippen LogP contribution in [0.4, 0.5) is 4.39 Å². The van der Waals surface area contributed by atoms with E-state index in [1.54, 1.807) is 30.0 Å². The number of nitrogens with zero attached hydrogens (tertiary/aromatic N) is 1. The van der Waals surface area contributed by atoms with Crippen molar-refractivity contribution in [2.75, 3.05) is 0 Å². The van der Waals surface area contributed by atoms with E-state index in [9.17, 15) is 14.0 Å². The second-order valence-electron chi connectivity index (χ2n) is 7.79. The number of rotatable bonds is 7. The molecule has 1 N–H and O–H groups in total. The zero-order valence-corrected chi connectivity index (χ0v) is 16.9. The van der Waals surface area contributed by atoms with Crippen LogP contribution >= 0.6 is 0 Å². The largest absolute Gasteiger partial charge is 0.352 e. The van der Waals surface area contributed by atoms with Gasteiger partial charge in [0.25, 0.3) is 0 Å². The van der Waals surface area contributed by atoms with E-state index in [0.717, 1.165) is 31.2 Å². The molecule has 29 heavy (non-hydrogen) atoms. The Morgan fingerprint density at radius 2 is 1.69 bits per heavy atom. The molecule has 1 fully saturated rings. The summed E-state index contributed by atoms with van der Waals surface area (Å²) in [5.41, 5.74) is 1.28. The van der Waals surface area contributed by atoms with Gasteiger partial charge < -0.3 is 10.2 Å². The number of amides is 2. The van der Waals surface area contributed by atoms with E-state index in [0.29, 0.717) is 12.1 Å². The maximum atomic E-state index is 14.1. The smallest absolute Gasteiger partial charge is 0.242 e. The van der Waals surface area contributed by atoms with E-state index in [4.69, 9.17) is 0 Å². The van der Waals surface area contributed by atoms with Gasteiger partial charge in [0, 0.05) is 12.6 Å². The van der Waals surface area contributed by atoms with Crippen LogP contribution in [0.1, 0.15) is 50.2 Å². The molecule has 1 saturated carbocycles. The molecule has 1 atom stereocenters. The minimum absolute atomic E-state index is 0.0689. The molecule has 2 aromatic carbocycles. The molecule has 4 nitrogen and oxygen atoms in total. The van der Waals surface area contributed by atoms with E-state index >= 15 is 0 Å². The Hall–Kier alpha value is -2.69. The number of benzene rings is 2. The molecule has 3 rings (SSSR count). The van der Waals surface area contributed by atoms with Gasteiger partial charge in [-0.25, -0.2) is 4.39 Å². The summed E-state index contributed by atoms with van der Waals surface area (Å²) in [7, 11) is 0. The van der Waals surface area contributed by atoms with Crippen molar-refractivity contribution in [1.29, 1.82) is 0 Å². The van der Waals surface area contributed by atoms with Crippen molar-refractivity contribution in [3.05, 3.63) is 71.5 Å². The molecule has 154 valence electrons. The van der Waals surface area contributed by atoms with Crippen molar-refractivity contribution in [1.82, 2.24) is 10.2 Å². The summed E-state index contributed by atoms with van der Waals surface area (Å²) in [5.74, 6) is -0.806. The minimum atomic E-state index is -0.628. The first-order valence-electron chi connectivity index (χ1n) is 10.4. The molecule has 0 heterocycles. The van der Waals surface area contributed by atoms with Crippen LogP contribution in [0.5, 0.6) is 0 Å². The highest BCUT2D eigenvalue weighted by atomic mass is 19.1. The van der Waals surface area contributed by atoms with Crippen LogP contribution in [0, 0.1) is 5.82 Å². The Kier molecular flexibility index (Phi) is 7.39. The molecule has 1 unspecified atom stereocenters. The Balaban J connectivity index is 1.75. The van der Waals surface area contributed by atoms with E-state index in [-0.39, 0.29) is 24.3 Å². The Morgan fingerprint density at radius 1 is 1.03 bits per heavy atom. The normalized spacial score (nSPS) is 15.5. The highest BCUT2D eigenvalue weighted by molar-refractivity contribution is 5.88. The van der Waals surface area contributed by atoms with Crippen LogP contribution in [0.25, 0.3) is 0 Å². The first-order chi connectivity index (χ1) is 14.0. The number of carbonyl (C=O) groups is 2. The van der Waals surface area contributed by atoms with E-state index in [2.05, 4.69) is 5.32 Å². The quantitative estimate of drug-likeness (QED) is 0.761. The van der Waals surface area contributed by atoms with Crippen molar-refractivity contribution >= 4 is 11.8 Å². The van der Waals surface area contributed by atoms with Crippen LogP contribution in [-0.4, -0.2) is 28.8 Å². The van der Waals surface area contributed by atoms with Crippen LogP contribution in [0.15, 0.2) is 54.6 Å². The lowest BCUT2D eigenvalue weighted by molar-refractivity contribution is -0.140. The van der Waals surface area contributed by atoms with Crippen molar-refractivity contribution in [3.8, 4) is 0 Å². The summed E-state index contributed by atoms with van der Waals surface area (Å²) in [6.07, 6.45) is 5.36. The standard InChI is InChI=1S/C24H29FN2O2/c1-18(24(29)26-21-13-6-3-7-14-21)27(17-19-10-4-2-5-11-19)23(28)16-20-12-8-9-15-22(20)25/h2,4-5,8-12,15,18,21H,3,6-7,13-14,16-17H2,1H3,(H,26,29). The highest BCUT2D eigenvalue weighted by Crippen LogP contribution is 2.19. The predicted octanol–water partition coefficient (Wildman–Crippen LogP) is 4.23. The second-order valence-corrected chi connectivity index (χ2v) is 7.79. The van der Waals surface area contributed by atoms with Gasteiger partial charge in [-0.2, -0.15) is 0 Å². The molecule has 0 aliphatic heterocycles. The Bertz CT molecular complexity index is 819. The molecule has 0 saturated heterocycles. The van der Waals surface area contributed by atoms with Crippen molar-refractivity contribution in [3.63, 3.8) is 0 Å². The fraction of sp³-hybridized carbons (Fsp3) is 0.417. The van der Waals surface area contributed by atoms with Gasteiger partial charge >= 0.3 is 0 Å². The van der Waals surface area contributed by atoms with Crippen molar-refractivity contribution < 1.29 is 14.0 Å². The van der Waals surface area contributed by atoms with E-state index in [1.807, 2.05) is 30.3 Å². The van der Waals surface area contributed by atoms with Gasteiger partial charge in [-0.15, -0.1) is 0 Å². The monoisotopic (exact) mass is 396 g/mol. The molecular weight excluding hydrogens is 367 g/mol. The van der Waals surface area contributed by atoms with Crippen molar-refractivity contribution in [2.24, 2.45) is 0 Å². The summed E-state index contributed by atoms with van der Waals surface area (Å²) in [6, 6.07) is 15.4. The average molecular weight is 397 g/mol. The van der Waals surface area contributed by atoms with Crippen LogP contribution in [-0.2, 0) is 22.6 Å². The van der Waals surface area contributed by atoms with Gasteiger partial charge in [0.2, 0.25) is 11.8 Å². The van der Waals surface area contributed by atoms with Gasteiger partial charge in [0.05, 0.1) is 6.42 Å². The lowest BCUT2D eigenvalue weighted by Crippen LogP contribution is -2.50. The number of carbonyl (C=O) groups excluding carboxylic acids is 2. The fourth-order valence-corrected chi connectivity index (χ4v) is 3.84. The molecule has 2 amide bonds. The third kappa shape index (κ3) is 5.89. The minimum Gasteiger partial charge on any atom is -0.352 e.